The van der Waals surface area contributed by atoms with Gasteiger partial charge in [-0.1, -0.05) is 72.8 Å². The first-order chi connectivity index (χ1) is 13.3. The van der Waals surface area contributed by atoms with Crippen LogP contribution >= 0.6 is 0 Å². The minimum Gasteiger partial charge on any atom is -0.485 e. The summed E-state index contributed by atoms with van der Waals surface area (Å²) in [5, 5.41) is 0. The third-order valence-electron chi connectivity index (χ3n) is 4.53. The SMILES string of the molecule is O=C([C@H]1COc2ccccc2O1)N(Cc1ccccc1)Cc1ccccc1. The van der Waals surface area contributed by atoms with Crippen molar-refractivity contribution in [3.63, 3.8) is 0 Å². The highest BCUT2D eigenvalue weighted by Gasteiger charge is 2.31. The Morgan fingerprint density at radius 2 is 1.30 bits per heavy atom. The Morgan fingerprint density at radius 3 is 1.89 bits per heavy atom. The molecule has 4 rings (SSSR count). The number of nitrogens with zero attached hydrogens (tertiary/aromatic N) is 1. The van der Waals surface area contributed by atoms with Crippen LogP contribution in [-0.4, -0.2) is 23.5 Å². The van der Waals surface area contributed by atoms with Crippen molar-refractivity contribution in [1.82, 2.24) is 4.90 Å². The number of fused-ring (bicyclic) bond motifs is 1. The Labute approximate surface area is 159 Å². The lowest BCUT2D eigenvalue weighted by Crippen LogP contribution is -2.45. The Balaban J connectivity index is 1.55. The van der Waals surface area contributed by atoms with Crippen molar-refractivity contribution in [2.75, 3.05) is 6.61 Å². The highest BCUT2D eigenvalue weighted by molar-refractivity contribution is 5.82. The summed E-state index contributed by atoms with van der Waals surface area (Å²) in [4.78, 5) is 15.1. The number of benzene rings is 3. The zero-order chi connectivity index (χ0) is 18.5. The molecule has 136 valence electrons. The second-order valence-corrected chi connectivity index (χ2v) is 6.53. The van der Waals surface area contributed by atoms with E-state index in [9.17, 15) is 4.79 Å². The van der Waals surface area contributed by atoms with Crippen molar-refractivity contribution in [2.24, 2.45) is 0 Å². The minimum absolute atomic E-state index is 0.0720. The maximum Gasteiger partial charge on any atom is 0.267 e. The zero-order valence-corrected chi connectivity index (χ0v) is 15.0. The van der Waals surface area contributed by atoms with E-state index >= 15 is 0 Å². The molecule has 4 heteroatoms. The summed E-state index contributed by atoms with van der Waals surface area (Å²) >= 11 is 0. The lowest BCUT2D eigenvalue weighted by atomic mass is 10.1. The molecule has 0 aromatic heterocycles. The Hall–Kier alpha value is -3.27. The topological polar surface area (TPSA) is 38.8 Å². The Kier molecular flexibility index (Phi) is 5.06. The number of para-hydroxylation sites is 2. The molecule has 3 aromatic carbocycles. The van der Waals surface area contributed by atoms with E-state index in [1.807, 2.05) is 89.8 Å². The van der Waals surface area contributed by atoms with Crippen molar-refractivity contribution in [1.29, 1.82) is 0 Å². The van der Waals surface area contributed by atoms with Gasteiger partial charge in [-0.05, 0) is 23.3 Å². The maximum atomic E-state index is 13.2. The van der Waals surface area contributed by atoms with E-state index in [2.05, 4.69) is 0 Å². The average molecular weight is 359 g/mol. The molecule has 1 aliphatic heterocycles. The van der Waals surface area contributed by atoms with Gasteiger partial charge in [0.1, 0.15) is 6.61 Å². The number of hydrogen-bond acceptors (Lipinski definition) is 3. The molecule has 1 aliphatic rings. The van der Waals surface area contributed by atoms with E-state index in [0.29, 0.717) is 24.6 Å². The van der Waals surface area contributed by atoms with Crippen LogP contribution in [0.4, 0.5) is 0 Å². The minimum atomic E-state index is -0.646. The van der Waals surface area contributed by atoms with Crippen molar-refractivity contribution in [2.45, 2.75) is 19.2 Å². The van der Waals surface area contributed by atoms with E-state index in [1.165, 1.54) is 0 Å². The van der Waals surface area contributed by atoms with E-state index in [1.54, 1.807) is 0 Å². The lowest BCUT2D eigenvalue weighted by molar-refractivity contribution is -0.142. The van der Waals surface area contributed by atoms with Crippen molar-refractivity contribution in [3.8, 4) is 11.5 Å². The van der Waals surface area contributed by atoms with Crippen LogP contribution in [-0.2, 0) is 17.9 Å². The molecule has 0 N–H and O–H groups in total. The number of rotatable bonds is 5. The largest absolute Gasteiger partial charge is 0.485 e. The molecular weight excluding hydrogens is 338 g/mol. The predicted molar refractivity (Wildman–Crippen MR) is 103 cm³/mol. The van der Waals surface area contributed by atoms with Gasteiger partial charge in [-0.2, -0.15) is 0 Å². The third-order valence-corrected chi connectivity index (χ3v) is 4.53. The third kappa shape index (κ3) is 4.11. The van der Waals surface area contributed by atoms with E-state index in [4.69, 9.17) is 9.47 Å². The van der Waals surface area contributed by atoms with Gasteiger partial charge in [0.15, 0.2) is 11.5 Å². The summed E-state index contributed by atoms with van der Waals surface area (Å²) < 4.78 is 11.7. The summed E-state index contributed by atoms with van der Waals surface area (Å²) in [6.07, 6.45) is -0.646. The van der Waals surface area contributed by atoms with E-state index in [-0.39, 0.29) is 12.5 Å². The van der Waals surface area contributed by atoms with Gasteiger partial charge in [-0.3, -0.25) is 4.79 Å². The number of amides is 1. The highest BCUT2D eigenvalue weighted by Crippen LogP contribution is 2.31. The second-order valence-electron chi connectivity index (χ2n) is 6.53. The quantitative estimate of drug-likeness (QED) is 0.690. The van der Waals surface area contributed by atoms with Crippen molar-refractivity contribution in [3.05, 3.63) is 96.1 Å². The molecule has 1 heterocycles. The predicted octanol–water partition coefficient (Wildman–Crippen LogP) is 4.06. The monoisotopic (exact) mass is 359 g/mol. The van der Waals surface area contributed by atoms with Crippen molar-refractivity contribution < 1.29 is 14.3 Å². The maximum absolute atomic E-state index is 13.2. The molecule has 1 atom stereocenters. The molecule has 0 spiro atoms. The molecule has 0 saturated heterocycles. The van der Waals surface area contributed by atoms with Crippen LogP contribution in [0.15, 0.2) is 84.9 Å². The molecule has 0 fully saturated rings. The summed E-state index contributed by atoms with van der Waals surface area (Å²) in [5.41, 5.74) is 2.16. The molecule has 27 heavy (non-hydrogen) atoms. The van der Waals surface area contributed by atoms with Gasteiger partial charge in [0.25, 0.3) is 5.91 Å². The molecule has 0 aliphatic carbocycles. The lowest BCUT2D eigenvalue weighted by Gasteiger charge is -2.31. The second kappa shape index (κ2) is 7.96. The van der Waals surface area contributed by atoms with Crippen LogP contribution in [0.2, 0.25) is 0 Å². The molecule has 0 radical (unpaired) electrons. The first-order valence-electron chi connectivity index (χ1n) is 9.05. The summed E-state index contributed by atoms with van der Waals surface area (Å²) in [6, 6.07) is 27.4. The van der Waals surface area contributed by atoms with Crippen LogP contribution in [0.3, 0.4) is 0 Å². The van der Waals surface area contributed by atoms with E-state index in [0.717, 1.165) is 11.1 Å². The molecule has 3 aromatic rings. The van der Waals surface area contributed by atoms with Crippen LogP contribution in [0.5, 0.6) is 11.5 Å². The molecule has 0 bridgehead atoms. The number of carbonyl (C=O) groups is 1. The fourth-order valence-electron chi connectivity index (χ4n) is 3.16. The van der Waals surface area contributed by atoms with Gasteiger partial charge < -0.3 is 14.4 Å². The van der Waals surface area contributed by atoms with Gasteiger partial charge in [-0.15, -0.1) is 0 Å². The standard InChI is InChI=1S/C23H21NO3/c25-23(22-17-26-20-13-7-8-14-21(20)27-22)24(15-18-9-3-1-4-10-18)16-19-11-5-2-6-12-19/h1-14,22H,15-17H2/t22-/m1/s1. The number of ether oxygens (including phenoxy) is 2. The van der Waals surface area contributed by atoms with Gasteiger partial charge in [0.05, 0.1) is 0 Å². The average Bonchev–Trinajstić information content (AvgIpc) is 2.74. The number of hydrogen-bond donors (Lipinski definition) is 0. The van der Waals surface area contributed by atoms with Gasteiger partial charge in [0.2, 0.25) is 6.10 Å². The fraction of sp³-hybridized carbons (Fsp3) is 0.174. The molecule has 0 saturated carbocycles. The number of carbonyl (C=O) groups excluding carboxylic acids is 1. The molecule has 4 nitrogen and oxygen atoms in total. The van der Waals surface area contributed by atoms with Crippen LogP contribution in [0.1, 0.15) is 11.1 Å². The fourth-order valence-corrected chi connectivity index (χ4v) is 3.16. The van der Waals surface area contributed by atoms with Crippen LogP contribution in [0, 0.1) is 0 Å². The smallest absolute Gasteiger partial charge is 0.267 e. The summed E-state index contributed by atoms with van der Waals surface area (Å²) in [7, 11) is 0. The highest BCUT2D eigenvalue weighted by atomic mass is 16.6. The van der Waals surface area contributed by atoms with Crippen LogP contribution < -0.4 is 9.47 Å². The summed E-state index contributed by atoms with van der Waals surface area (Å²) in [5.74, 6) is 1.22. The molecule has 1 amide bonds. The first-order valence-corrected chi connectivity index (χ1v) is 9.05. The van der Waals surface area contributed by atoms with Gasteiger partial charge >= 0.3 is 0 Å². The zero-order valence-electron chi connectivity index (χ0n) is 15.0. The van der Waals surface area contributed by atoms with Crippen LogP contribution in [0.25, 0.3) is 0 Å². The van der Waals surface area contributed by atoms with Gasteiger partial charge in [-0.25, -0.2) is 0 Å². The molecular formula is C23H21NO3. The van der Waals surface area contributed by atoms with Gasteiger partial charge in [0, 0.05) is 13.1 Å². The Morgan fingerprint density at radius 1 is 0.778 bits per heavy atom. The van der Waals surface area contributed by atoms with Crippen molar-refractivity contribution >= 4 is 5.91 Å². The summed E-state index contributed by atoms with van der Waals surface area (Å²) in [6.45, 7) is 1.27. The molecule has 0 unspecified atom stereocenters. The Bertz CT molecular complexity index is 854. The normalized spacial score (nSPS) is 15.2. The van der Waals surface area contributed by atoms with E-state index < -0.39 is 6.10 Å². The first kappa shape index (κ1) is 17.2.